The topological polar surface area (TPSA) is 66.9 Å². The lowest BCUT2D eigenvalue weighted by atomic mass is 10.3. The summed E-state index contributed by atoms with van der Waals surface area (Å²) in [5, 5.41) is 5.63. The van der Waals surface area contributed by atoms with Crippen molar-refractivity contribution in [2.45, 2.75) is 6.92 Å². The molecule has 0 aliphatic carbocycles. The SMILES string of the molecule is Cc1cccc(NC(=O)c2ncsc2Nc2cc(F)ccc2F)n1. The summed E-state index contributed by atoms with van der Waals surface area (Å²) in [6.07, 6.45) is 0. The van der Waals surface area contributed by atoms with Crippen molar-refractivity contribution in [2.24, 2.45) is 0 Å². The van der Waals surface area contributed by atoms with E-state index in [1.807, 2.05) is 0 Å². The molecule has 1 amide bonds. The van der Waals surface area contributed by atoms with Crippen LogP contribution in [0.15, 0.2) is 41.9 Å². The summed E-state index contributed by atoms with van der Waals surface area (Å²) in [4.78, 5) is 20.5. The largest absolute Gasteiger partial charge is 0.343 e. The van der Waals surface area contributed by atoms with Crippen LogP contribution < -0.4 is 10.6 Å². The van der Waals surface area contributed by atoms with Crippen molar-refractivity contribution < 1.29 is 13.6 Å². The van der Waals surface area contributed by atoms with Gasteiger partial charge in [0.05, 0.1) is 11.2 Å². The van der Waals surface area contributed by atoms with E-state index < -0.39 is 17.5 Å². The number of hydrogen-bond acceptors (Lipinski definition) is 5. The van der Waals surface area contributed by atoms with Gasteiger partial charge in [-0.25, -0.2) is 18.7 Å². The minimum absolute atomic E-state index is 0.0676. The molecule has 3 aromatic rings. The number of nitrogens with one attached hydrogen (secondary N) is 2. The van der Waals surface area contributed by atoms with Crippen LogP contribution in [0, 0.1) is 18.6 Å². The van der Waals surface area contributed by atoms with Gasteiger partial charge in [-0.05, 0) is 31.2 Å². The molecule has 1 aromatic carbocycles. The Balaban J connectivity index is 1.82. The molecular formula is C16H12F2N4OS. The van der Waals surface area contributed by atoms with E-state index in [1.54, 1.807) is 25.1 Å². The summed E-state index contributed by atoms with van der Waals surface area (Å²) in [6, 6.07) is 8.26. The van der Waals surface area contributed by atoms with Gasteiger partial charge in [0.15, 0.2) is 5.69 Å². The van der Waals surface area contributed by atoms with Crippen molar-refractivity contribution in [3.8, 4) is 0 Å². The fourth-order valence-electron chi connectivity index (χ4n) is 2.00. The molecule has 0 aliphatic rings. The smallest absolute Gasteiger partial charge is 0.278 e. The third kappa shape index (κ3) is 3.54. The summed E-state index contributed by atoms with van der Waals surface area (Å²) < 4.78 is 27.0. The summed E-state index contributed by atoms with van der Waals surface area (Å²) >= 11 is 1.11. The second-order valence-electron chi connectivity index (χ2n) is 4.90. The zero-order valence-corrected chi connectivity index (χ0v) is 13.3. The molecule has 0 fully saturated rings. The molecule has 3 rings (SSSR count). The lowest BCUT2D eigenvalue weighted by Crippen LogP contribution is -2.15. The van der Waals surface area contributed by atoms with Crippen LogP contribution in [0.3, 0.4) is 0 Å². The van der Waals surface area contributed by atoms with Gasteiger partial charge in [-0.1, -0.05) is 6.07 Å². The van der Waals surface area contributed by atoms with Gasteiger partial charge in [-0.2, -0.15) is 0 Å². The monoisotopic (exact) mass is 346 g/mol. The number of rotatable bonds is 4. The Morgan fingerprint density at radius 3 is 2.83 bits per heavy atom. The van der Waals surface area contributed by atoms with Crippen molar-refractivity contribution >= 4 is 33.8 Å². The van der Waals surface area contributed by atoms with E-state index in [0.717, 1.165) is 35.2 Å². The third-order valence-electron chi connectivity index (χ3n) is 3.09. The Kier molecular flexibility index (Phi) is 4.48. The number of thiazole rings is 1. The number of carbonyl (C=O) groups is 1. The Labute approximate surface area is 140 Å². The van der Waals surface area contributed by atoms with E-state index in [2.05, 4.69) is 20.6 Å². The van der Waals surface area contributed by atoms with Crippen LogP contribution in [0.4, 0.5) is 25.3 Å². The fraction of sp³-hybridized carbons (Fsp3) is 0.0625. The molecular weight excluding hydrogens is 334 g/mol. The maximum absolute atomic E-state index is 13.7. The normalized spacial score (nSPS) is 10.5. The first-order chi connectivity index (χ1) is 11.5. The maximum Gasteiger partial charge on any atom is 0.278 e. The van der Waals surface area contributed by atoms with Crippen molar-refractivity contribution in [1.82, 2.24) is 9.97 Å². The minimum atomic E-state index is -0.628. The highest BCUT2D eigenvalue weighted by atomic mass is 32.1. The quantitative estimate of drug-likeness (QED) is 0.746. The number of hydrogen-bond donors (Lipinski definition) is 2. The van der Waals surface area contributed by atoms with E-state index >= 15 is 0 Å². The number of aryl methyl sites for hydroxylation is 1. The van der Waals surface area contributed by atoms with Crippen LogP contribution in [-0.4, -0.2) is 15.9 Å². The predicted octanol–water partition coefficient (Wildman–Crippen LogP) is 4.12. The van der Waals surface area contributed by atoms with Gasteiger partial charge in [0, 0.05) is 11.8 Å². The van der Waals surface area contributed by atoms with Crippen LogP contribution in [0.2, 0.25) is 0 Å². The van der Waals surface area contributed by atoms with Crippen molar-refractivity contribution in [2.75, 3.05) is 10.6 Å². The Morgan fingerprint density at radius 1 is 1.21 bits per heavy atom. The lowest BCUT2D eigenvalue weighted by molar-refractivity contribution is 0.102. The van der Waals surface area contributed by atoms with E-state index in [1.165, 1.54) is 5.51 Å². The number of pyridine rings is 1. The van der Waals surface area contributed by atoms with Crippen molar-refractivity contribution in [3.63, 3.8) is 0 Å². The van der Waals surface area contributed by atoms with E-state index in [0.29, 0.717) is 10.8 Å². The molecule has 0 atom stereocenters. The predicted molar refractivity (Wildman–Crippen MR) is 88.7 cm³/mol. The van der Waals surface area contributed by atoms with Gasteiger partial charge in [0.25, 0.3) is 5.91 Å². The van der Waals surface area contributed by atoms with Crippen molar-refractivity contribution in [3.05, 3.63) is 64.9 Å². The Bertz CT molecular complexity index is 897. The average Bonchev–Trinajstić information content (AvgIpc) is 2.99. The number of benzene rings is 1. The average molecular weight is 346 g/mol. The van der Waals surface area contributed by atoms with E-state index in [-0.39, 0.29) is 11.4 Å². The third-order valence-corrected chi connectivity index (χ3v) is 3.83. The Hall–Kier alpha value is -2.87. The minimum Gasteiger partial charge on any atom is -0.343 e. The van der Waals surface area contributed by atoms with Gasteiger partial charge >= 0.3 is 0 Å². The molecule has 0 spiro atoms. The molecule has 2 N–H and O–H groups in total. The number of halogens is 2. The van der Waals surface area contributed by atoms with Crippen molar-refractivity contribution in [1.29, 1.82) is 0 Å². The summed E-state index contributed by atoms with van der Waals surface area (Å²) in [7, 11) is 0. The molecule has 0 radical (unpaired) electrons. The highest BCUT2D eigenvalue weighted by molar-refractivity contribution is 7.14. The highest BCUT2D eigenvalue weighted by Crippen LogP contribution is 2.27. The summed E-state index contributed by atoms with van der Waals surface area (Å²) in [5.74, 6) is -1.32. The number of amides is 1. The van der Waals surface area contributed by atoms with Crippen LogP contribution in [0.25, 0.3) is 0 Å². The molecule has 5 nitrogen and oxygen atoms in total. The first kappa shape index (κ1) is 16.0. The number of aromatic nitrogens is 2. The zero-order valence-electron chi connectivity index (χ0n) is 12.5. The molecule has 0 saturated heterocycles. The van der Waals surface area contributed by atoms with Gasteiger partial charge in [-0.15, -0.1) is 11.3 Å². The van der Waals surface area contributed by atoms with Crippen LogP contribution >= 0.6 is 11.3 Å². The van der Waals surface area contributed by atoms with Crippen LogP contribution in [-0.2, 0) is 0 Å². The van der Waals surface area contributed by atoms with Gasteiger partial charge < -0.3 is 10.6 Å². The molecule has 122 valence electrons. The molecule has 0 saturated carbocycles. The number of anilines is 3. The Morgan fingerprint density at radius 2 is 2.04 bits per heavy atom. The highest BCUT2D eigenvalue weighted by Gasteiger charge is 2.17. The van der Waals surface area contributed by atoms with Crippen LogP contribution in [0.1, 0.15) is 16.2 Å². The van der Waals surface area contributed by atoms with Gasteiger partial charge in [0.2, 0.25) is 0 Å². The summed E-state index contributed by atoms with van der Waals surface area (Å²) in [5.41, 5.74) is 2.21. The van der Waals surface area contributed by atoms with Gasteiger partial charge in [0.1, 0.15) is 22.5 Å². The lowest BCUT2D eigenvalue weighted by Gasteiger charge is -2.08. The number of nitrogens with zero attached hydrogens (tertiary/aromatic N) is 2. The fourth-order valence-corrected chi connectivity index (χ4v) is 2.69. The maximum atomic E-state index is 13.7. The molecule has 0 bridgehead atoms. The van der Waals surface area contributed by atoms with Gasteiger partial charge in [-0.3, -0.25) is 4.79 Å². The first-order valence-electron chi connectivity index (χ1n) is 6.93. The molecule has 0 aliphatic heterocycles. The van der Waals surface area contributed by atoms with E-state index in [4.69, 9.17) is 0 Å². The molecule has 2 heterocycles. The molecule has 8 heteroatoms. The molecule has 2 aromatic heterocycles. The number of carbonyl (C=O) groups excluding carboxylic acids is 1. The second kappa shape index (κ2) is 6.71. The second-order valence-corrected chi connectivity index (χ2v) is 5.75. The summed E-state index contributed by atoms with van der Waals surface area (Å²) in [6.45, 7) is 1.80. The molecule has 24 heavy (non-hydrogen) atoms. The zero-order chi connectivity index (χ0) is 17.1. The standard InChI is InChI=1S/C16H12F2N4OS/c1-9-3-2-4-13(20-9)22-15(23)14-16(24-8-19-14)21-12-7-10(17)5-6-11(12)18/h2-8,21H,1H3,(H,20,22,23). The molecule has 0 unspecified atom stereocenters. The van der Waals surface area contributed by atoms with Crippen LogP contribution in [0.5, 0.6) is 0 Å². The van der Waals surface area contributed by atoms with E-state index in [9.17, 15) is 13.6 Å². The first-order valence-corrected chi connectivity index (χ1v) is 7.81.